The van der Waals surface area contributed by atoms with E-state index in [2.05, 4.69) is 5.32 Å². The number of ether oxygens (including phenoxy) is 4. The van der Waals surface area contributed by atoms with Crippen molar-refractivity contribution in [2.75, 3.05) is 45.3 Å². The number of carboxylic acids is 1. The van der Waals surface area contributed by atoms with Crippen LogP contribution in [-0.4, -0.2) is 68.1 Å². The van der Waals surface area contributed by atoms with Gasteiger partial charge in [0.25, 0.3) is 0 Å². The lowest BCUT2D eigenvalue weighted by Crippen LogP contribution is -2.38. The van der Waals surface area contributed by atoms with Crippen LogP contribution in [0.3, 0.4) is 0 Å². The quantitative estimate of drug-likeness (QED) is 0.160. The molecule has 3 aromatic rings. The van der Waals surface area contributed by atoms with Gasteiger partial charge in [0.2, 0.25) is 0 Å². The van der Waals surface area contributed by atoms with Crippen LogP contribution in [0, 0.1) is 0 Å². The number of nitrogens with one attached hydrogen (secondary N) is 1. The van der Waals surface area contributed by atoms with Gasteiger partial charge in [-0.25, -0.2) is 9.59 Å². The number of rotatable bonds is 17. The van der Waals surface area contributed by atoms with Gasteiger partial charge in [-0.2, -0.15) is 0 Å². The number of carboxylic acid groups (broad SMARTS) is 1. The van der Waals surface area contributed by atoms with E-state index in [1.807, 2.05) is 12.1 Å². The van der Waals surface area contributed by atoms with E-state index in [1.54, 1.807) is 73.5 Å². The monoisotopic (exact) mass is 618 g/mol. The van der Waals surface area contributed by atoms with Crippen LogP contribution in [0.1, 0.15) is 25.3 Å². The molecule has 2 N–H and O–H groups in total. The first kappa shape index (κ1) is 32.8. The van der Waals surface area contributed by atoms with Crippen LogP contribution in [0.25, 0.3) is 0 Å². The molecule has 1 atom stereocenters. The zero-order chi connectivity index (χ0) is 30.3. The highest BCUT2D eigenvalue weighted by atomic mass is 35.5. The standard InChI is InChI=1S/C31H36Cl2N2O7/c1-3-40-29(30(36)37)17-22-9-11-26(12-10-22)42-16-14-35(31(38)34-25-7-6-8-27(21-25)39-2)13-4-5-15-41-28-19-23(32)18-24(33)20-28/h6-12,18-21,29H,3-5,13-17H2,1-2H3,(H,34,38)(H,36,37). The summed E-state index contributed by atoms with van der Waals surface area (Å²) in [4.78, 5) is 26.2. The fraction of sp³-hybridized carbons (Fsp3) is 0.355. The number of unbranched alkanes of at least 4 members (excludes halogenated alkanes) is 1. The third kappa shape index (κ3) is 11.3. The van der Waals surface area contributed by atoms with Gasteiger partial charge in [-0.15, -0.1) is 0 Å². The normalized spacial score (nSPS) is 11.4. The molecule has 3 aromatic carbocycles. The van der Waals surface area contributed by atoms with Crippen molar-refractivity contribution in [2.45, 2.75) is 32.3 Å². The van der Waals surface area contributed by atoms with Crippen molar-refractivity contribution in [2.24, 2.45) is 0 Å². The second kappa shape index (κ2) is 17.3. The smallest absolute Gasteiger partial charge is 0.333 e. The van der Waals surface area contributed by atoms with E-state index >= 15 is 0 Å². The number of halogens is 2. The third-order valence-electron chi connectivity index (χ3n) is 6.15. The van der Waals surface area contributed by atoms with Gasteiger partial charge in [-0.1, -0.05) is 41.4 Å². The van der Waals surface area contributed by atoms with Crippen molar-refractivity contribution >= 4 is 40.9 Å². The van der Waals surface area contributed by atoms with E-state index in [0.29, 0.717) is 72.1 Å². The first-order valence-electron chi connectivity index (χ1n) is 13.6. The molecule has 9 nitrogen and oxygen atoms in total. The van der Waals surface area contributed by atoms with Gasteiger partial charge in [0.1, 0.15) is 23.9 Å². The molecule has 3 rings (SSSR count). The van der Waals surface area contributed by atoms with Crippen molar-refractivity contribution in [1.82, 2.24) is 4.90 Å². The predicted molar refractivity (Wildman–Crippen MR) is 163 cm³/mol. The Labute approximate surface area is 256 Å². The summed E-state index contributed by atoms with van der Waals surface area (Å²) in [5.41, 5.74) is 1.44. The van der Waals surface area contributed by atoms with Gasteiger partial charge in [0, 0.05) is 41.4 Å². The third-order valence-corrected chi connectivity index (χ3v) is 6.59. The Balaban J connectivity index is 1.54. The molecule has 0 spiro atoms. The first-order valence-corrected chi connectivity index (χ1v) is 14.4. The van der Waals surface area contributed by atoms with Crippen molar-refractivity contribution in [1.29, 1.82) is 0 Å². The van der Waals surface area contributed by atoms with Gasteiger partial charge in [0.15, 0.2) is 6.10 Å². The minimum Gasteiger partial charge on any atom is -0.497 e. The van der Waals surface area contributed by atoms with Gasteiger partial charge >= 0.3 is 12.0 Å². The summed E-state index contributed by atoms with van der Waals surface area (Å²) in [7, 11) is 1.57. The van der Waals surface area contributed by atoms with Crippen LogP contribution in [0.15, 0.2) is 66.7 Å². The molecular formula is C31H36Cl2N2O7. The van der Waals surface area contributed by atoms with E-state index in [1.165, 1.54) is 0 Å². The number of methoxy groups -OCH3 is 1. The fourth-order valence-electron chi connectivity index (χ4n) is 4.05. The molecule has 0 aliphatic carbocycles. The molecule has 0 aliphatic heterocycles. The second-order valence-electron chi connectivity index (χ2n) is 9.29. The molecule has 226 valence electrons. The number of urea groups is 1. The summed E-state index contributed by atoms with van der Waals surface area (Å²) >= 11 is 12.1. The summed E-state index contributed by atoms with van der Waals surface area (Å²) in [5, 5.41) is 13.2. The van der Waals surface area contributed by atoms with E-state index in [0.717, 1.165) is 5.56 Å². The van der Waals surface area contributed by atoms with Gasteiger partial charge in [-0.3, -0.25) is 0 Å². The Morgan fingerprint density at radius 3 is 2.26 bits per heavy atom. The van der Waals surface area contributed by atoms with Crippen LogP contribution < -0.4 is 19.5 Å². The number of carbonyl (C=O) groups is 2. The fourth-order valence-corrected chi connectivity index (χ4v) is 4.56. The van der Waals surface area contributed by atoms with Crippen LogP contribution in [0.2, 0.25) is 10.0 Å². The van der Waals surface area contributed by atoms with Gasteiger partial charge in [0.05, 0.1) is 20.3 Å². The molecule has 0 aromatic heterocycles. The maximum Gasteiger partial charge on any atom is 0.333 e. The number of benzene rings is 3. The Morgan fingerprint density at radius 2 is 1.60 bits per heavy atom. The number of nitrogens with zero attached hydrogens (tertiary/aromatic N) is 1. The largest absolute Gasteiger partial charge is 0.497 e. The number of aliphatic carboxylic acids is 1. The summed E-state index contributed by atoms with van der Waals surface area (Å²) < 4.78 is 22.2. The second-order valence-corrected chi connectivity index (χ2v) is 10.2. The Bertz CT molecular complexity index is 1270. The summed E-state index contributed by atoms with van der Waals surface area (Å²) in [6, 6.07) is 19.1. The Hall–Kier alpha value is -3.66. The van der Waals surface area contributed by atoms with E-state index < -0.39 is 12.1 Å². The minimum absolute atomic E-state index is 0.260. The summed E-state index contributed by atoms with van der Waals surface area (Å²) in [6.45, 7) is 3.61. The molecule has 11 heteroatoms. The highest BCUT2D eigenvalue weighted by molar-refractivity contribution is 6.34. The molecule has 42 heavy (non-hydrogen) atoms. The number of hydrogen-bond acceptors (Lipinski definition) is 6. The predicted octanol–water partition coefficient (Wildman–Crippen LogP) is 6.81. The molecular weight excluding hydrogens is 583 g/mol. The number of hydrogen-bond donors (Lipinski definition) is 2. The number of carbonyl (C=O) groups excluding carboxylic acids is 1. The SMILES string of the molecule is CCOC(Cc1ccc(OCCN(CCCCOc2cc(Cl)cc(Cl)c2)C(=O)Nc2cccc(OC)c2)cc1)C(=O)O. The van der Waals surface area contributed by atoms with Crippen molar-refractivity contribution in [3.8, 4) is 17.2 Å². The Kier molecular flexibility index (Phi) is 13.6. The molecule has 0 fully saturated rings. The van der Waals surface area contributed by atoms with Crippen molar-refractivity contribution in [3.63, 3.8) is 0 Å². The number of anilines is 1. The average Bonchev–Trinajstić information content (AvgIpc) is 2.96. The van der Waals surface area contributed by atoms with Crippen LogP contribution in [-0.2, 0) is 16.0 Å². The molecule has 0 heterocycles. The summed E-state index contributed by atoms with van der Waals surface area (Å²) in [6.07, 6.45) is 0.760. The van der Waals surface area contributed by atoms with E-state index in [-0.39, 0.29) is 19.1 Å². The zero-order valence-corrected chi connectivity index (χ0v) is 25.2. The minimum atomic E-state index is -0.995. The maximum absolute atomic E-state index is 13.2. The lowest BCUT2D eigenvalue weighted by Gasteiger charge is -2.23. The van der Waals surface area contributed by atoms with Gasteiger partial charge in [-0.05, 0) is 67.8 Å². The van der Waals surface area contributed by atoms with Gasteiger partial charge < -0.3 is 34.3 Å². The van der Waals surface area contributed by atoms with E-state index in [4.69, 9.17) is 42.1 Å². The average molecular weight is 620 g/mol. The highest BCUT2D eigenvalue weighted by Crippen LogP contribution is 2.24. The van der Waals surface area contributed by atoms with Crippen LogP contribution >= 0.6 is 23.2 Å². The van der Waals surface area contributed by atoms with E-state index in [9.17, 15) is 14.7 Å². The lowest BCUT2D eigenvalue weighted by atomic mass is 10.1. The molecule has 1 unspecified atom stereocenters. The number of amides is 2. The molecule has 0 saturated heterocycles. The maximum atomic E-state index is 13.2. The van der Waals surface area contributed by atoms with Crippen LogP contribution in [0.4, 0.5) is 10.5 Å². The first-order chi connectivity index (χ1) is 20.3. The molecule has 0 aliphatic rings. The molecule has 2 amide bonds. The molecule has 0 saturated carbocycles. The van der Waals surface area contributed by atoms with Crippen LogP contribution in [0.5, 0.6) is 17.2 Å². The summed E-state index contributed by atoms with van der Waals surface area (Å²) in [5.74, 6) is 0.852. The molecule has 0 bridgehead atoms. The lowest BCUT2D eigenvalue weighted by molar-refractivity contribution is -0.149. The van der Waals surface area contributed by atoms with Crippen molar-refractivity contribution < 1.29 is 33.6 Å². The highest BCUT2D eigenvalue weighted by Gasteiger charge is 2.18. The van der Waals surface area contributed by atoms with Crippen molar-refractivity contribution in [3.05, 3.63) is 82.3 Å². The topological polar surface area (TPSA) is 107 Å². The molecule has 0 radical (unpaired) electrons. The Morgan fingerprint density at radius 1 is 0.881 bits per heavy atom. The zero-order valence-electron chi connectivity index (χ0n) is 23.7.